The van der Waals surface area contributed by atoms with Gasteiger partial charge in [0, 0.05) is 0 Å². The molecule has 0 spiro atoms. The van der Waals surface area contributed by atoms with Crippen LogP contribution in [0.3, 0.4) is 0 Å². The van der Waals surface area contributed by atoms with Crippen LogP contribution in [-0.2, 0) is 4.74 Å². The molecule has 1 heterocycles. The number of hydrogen-bond acceptors (Lipinski definition) is 2. The SMILES string of the molecule is [Te]=PN1CCOCC1. The molecular formula is C4H8NOPTe. The minimum atomic E-state index is 0.919. The van der Waals surface area contributed by atoms with Crippen molar-refractivity contribution in [2.24, 2.45) is 0 Å². The van der Waals surface area contributed by atoms with E-state index in [4.69, 9.17) is 4.74 Å². The molecule has 1 aliphatic rings. The van der Waals surface area contributed by atoms with Crippen LogP contribution in [0.15, 0.2) is 0 Å². The molecular weight excluding hydrogens is 237 g/mol. The second-order valence-electron chi connectivity index (χ2n) is 1.65. The van der Waals surface area contributed by atoms with Gasteiger partial charge in [0.1, 0.15) is 0 Å². The van der Waals surface area contributed by atoms with Gasteiger partial charge in [0.15, 0.2) is 0 Å². The average Bonchev–Trinajstić information content (AvgIpc) is 1.90. The molecule has 1 rings (SSSR count). The molecule has 1 fully saturated rings. The van der Waals surface area contributed by atoms with E-state index in [2.05, 4.69) is 25.9 Å². The Hall–Kier alpha value is 1.01. The maximum atomic E-state index is 5.16. The molecule has 1 aliphatic heterocycles. The molecule has 0 unspecified atom stereocenters. The van der Waals surface area contributed by atoms with E-state index < -0.39 is 0 Å². The molecule has 0 atom stereocenters. The van der Waals surface area contributed by atoms with Gasteiger partial charge in [-0.2, -0.15) is 0 Å². The van der Waals surface area contributed by atoms with Crippen molar-refractivity contribution in [2.75, 3.05) is 26.3 Å². The number of ether oxygens (including phenoxy) is 1. The first-order valence-electron chi connectivity index (χ1n) is 2.59. The summed E-state index contributed by atoms with van der Waals surface area (Å²) in [4.78, 5) is 0. The van der Waals surface area contributed by atoms with E-state index in [1.807, 2.05) is 0 Å². The van der Waals surface area contributed by atoms with Crippen LogP contribution in [0.25, 0.3) is 0 Å². The average molecular weight is 245 g/mol. The van der Waals surface area contributed by atoms with Crippen LogP contribution in [0.1, 0.15) is 0 Å². The number of rotatable bonds is 1. The maximum absolute atomic E-state index is 5.16. The van der Waals surface area contributed by atoms with Crippen molar-refractivity contribution in [3.8, 4) is 0 Å². The Morgan fingerprint density at radius 2 is 2.00 bits per heavy atom. The topological polar surface area (TPSA) is 12.5 Å². The van der Waals surface area contributed by atoms with Crippen molar-refractivity contribution in [3.63, 3.8) is 0 Å². The third-order valence-electron chi connectivity index (χ3n) is 1.10. The van der Waals surface area contributed by atoms with E-state index >= 15 is 0 Å². The third kappa shape index (κ3) is 2.09. The molecule has 0 aromatic carbocycles. The predicted octanol–water partition coefficient (Wildman–Crippen LogP) is 0.263. The normalized spacial score (nSPS) is 24.0. The predicted molar refractivity (Wildman–Crippen MR) is 35.1 cm³/mol. The number of hydrogen-bond donors (Lipinski definition) is 0. The first kappa shape index (κ1) is 7.12. The molecule has 0 amide bonds. The summed E-state index contributed by atoms with van der Waals surface area (Å²) in [5, 5.41) is 0. The Kier molecular flexibility index (Phi) is 3.50. The summed E-state index contributed by atoms with van der Waals surface area (Å²) < 4.78 is 7.53. The van der Waals surface area contributed by atoms with Crippen LogP contribution in [0.4, 0.5) is 0 Å². The fraction of sp³-hybridized carbons (Fsp3) is 1.00. The van der Waals surface area contributed by atoms with E-state index in [-0.39, 0.29) is 0 Å². The van der Waals surface area contributed by atoms with Gasteiger partial charge in [-0.05, 0) is 0 Å². The van der Waals surface area contributed by atoms with Crippen LogP contribution in [0.5, 0.6) is 0 Å². The second-order valence-corrected chi connectivity index (χ2v) is 3.77. The van der Waals surface area contributed by atoms with Crippen molar-refractivity contribution in [1.82, 2.24) is 4.67 Å². The van der Waals surface area contributed by atoms with Gasteiger partial charge in [-0.1, -0.05) is 0 Å². The number of morpholine rings is 1. The number of nitrogens with zero attached hydrogens (tertiary/aromatic N) is 1. The zero-order chi connectivity index (χ0) is 5.82. The van der Waals surface area contributed by atoms with Crippen LogP contribution in [0, 0.1) is 0 Å². The van der Waals surface area contributed by atoms with Gasteiger partial charge in [0.25, 0.3) is 0 Å². The molecule has 0 aromatic heterocycles. The Bertz CT molecular complexity index is 84.1. The summed E-state index contributed by atoms with van der Waals surface area (Å²) in [5.74, 6) is 1.39. The molecule has 0 aliphatic carbocycles. The quantitative estimate of drug-likeness (QED) is 0.485. The Morgan fingerprint density at radius 1 is 1.38 bits per heavy atom. The summed E-state index contributed by atoms with van der Waals surface area (Å²) in [6.45, 7) is 4.06. The standard InChI is InChI=1S/C4H8NOPTe/c8-7-5-1-3-6-4-2-5/h1-4H2. The van der Waals surface area contributed by atoms with E-state index in [0.717, 1.165) is 26.3 Å². The molecule has 0 radical (unpaired) electrons. The van der Waals surface area contributed by atoms with Gasteiger partial charge >= 0.3 is 62.9 Å². The van der Waals surface area contributed by atoms with Gasteiger partial charge < -0.3 is 0 Å². The monoisotopic (exact) mass is 247 g/mol. The van der Waals surface area contributed by atoms with E-state index in [9.17, 15) is 0 Å². The van der Waals surface area contributed by atoms with E-state index in [1.165, 1.54) is 5.96 Å². The molecule has 0 N–H and O–H groups in total. The Morgan fingerprint density at radius 3 is 2.38 bits per heavy atom. The van der Waals surface area contributed by atoms with E-state index in [1.54, 1.807) is 0 Å². The fourth-order valence-corrected chi connectivity index (χ4v) is 2.36. The van der Waals surface area contributed by atoms with Crippen molar-refractivity contribution in [3.05, 3.63) is 0 Å². The molecule has 4 heteroatoms. The summed E-state index contributed by atoms with van der Waals surface area (Å²) in [5.41, 5.74) is 0. The molecule has 1 saturated heterocycles. The molecule has 0 aromatic rings. The molecule has 46 valence electrons. The zero-order valence-electron chi connectivity index (χ0n) is 4.54. The van der Waals surface area contributed by atoms with Gasteiger partial charge in [-0.15, -0.1) is 0 Å². The van der Waals surface area contributed by atoms with Crippen LogP contribution in [-0.4, -0.2) is 52.2 Å². The van der Waals surface area contributed by atoms with Gasteiger partial charge in [0.2, 0.25) is 0 Å². The van der Waals surface area contributed by atoms with Crippen molar-refractivity contribution < 1.29 is 4.74 Å². The summed E-state index contributed by atoms with van der Waals surface area (Å²) in [6, 6.07) is 0. The van der Waals surface area contributed by atoms with Crippen LogP contribution >= 0.6 is 5.96 Å². The third-order valence-corrected chi connectivity index (χ3v) is 3.71. The minimum absolute atomic E-state index is 0.919. The zero-order valence-corrected chi connectivity index (χ0v) is 7.76. The molecule has 8 heavy (non-hydrogen) atoms. The van der Waals surface area contributed by atoms with Crippen molar-refractivity contribution in [2.45, 2.75) is 0 Å². The first-order chi connectivity index (χ1) is 3.93. The summed E-state index contributed by atoms with van der Waals surface area (Å²) >= 11 is 2.09. The molecule has 0 bridgehead atoms. The van der Waals surface area contributed by atoms with Gasteiger partial charge in [-0.25, -0.2) is 0 Å². The van der Waals surface area contributed by atoms with Crippen molar-refractivity contribution in [1.29, 1.82) is 0 Å². The molecule has 2 nitrogen and oxygen atoms in total. The molecule has 0 saturated carbocycles. The van der Waals surface area contributed by atoms with Gasteiger partial charge in [-0.3, -0.25) is 0 Å². The summed E-state index contributed by atoms with van der Waals surface area (Å²) in [7, 11) is 0. The summed E-state index contributed by atoms with van der Waals surface area (Å²) in [6.07, 6.45) is 0. The Balaban J connectivity index is 2.22. The van der Waals surface area contributed by atoms with Gasteiger partial charge in [0.05, 0.1) is 0 Å². The van der Waals surface area contributed by atoms with E-state index in [0.29, 0.717) is 0 Å². The first-order valence-corrected chi connectivity index (χ1v) is 6.48. The second kappa shape index (κ2) is 3.93. The van der Waals surface area contributed by atoms with Crippen LogP contribution < -0.4 is 0 Å². The van der Waals surface area contributed by atoms with Crippen LogP contribution in [0.2, 0.25) is 0 Å². The fourth-order valence-electron chi connectivity index (χ4n) is 0.635. The van der Waals surface area contributed by atoms with Crippen molar-refractivity contribution >= 4 is 27.2 Å². The Labute approximate surface area is 63.1 Å².